The van der Waals surface area contributed by atoms with E-state index in [1.54, 1.807) is 18.3 Å². The number of methoxy groups -OCH3 is 1. The zero-order chi connectivity index (χ0) is 19.9. The minimum Gasteiger partial charge on any atom is -0.494 e. The van der Waals surface area contributed by atoms with Crippen LogP contribution in [0.15, 0.2) is 47.4 Å². The molecule has 146 valence electrons. The molecular formula is C21H23FN4O2. The molecule has 3 aromatic rings. The SMILES string of the molecule is COc1ccc(-c2cc(=O)n3cc(N[C@]4(C)CCN(C)C4)ccc3n2)cc1F. The van der Waals surface area contributed by atoms with Crippen LogP contribution in [-0.2, 0) is 0 Å². The molecule has 1 aliphatic heterocycles. The lowest BCUT2D eigenvalue weighted by atomic mass is 10.0. The van der Waals surface area contributed by atoms with Gasteiger partial charge in [0.05, 0.1) is 18.5 Å². The number of hydrogen-bond acceptors (Lipinski definition) is 5. The quantitative estimate of drug-likeness (QED) is 0.752. The van der Waals surface area contributed by atoms with Crippen molar-refractivity contribution in [3.05, 3.63) is 58.8 Å². The lowest BCUT2D eigenvalue weighted by Crippen LogP contribution is -2.37. The summed E-state index contributed by atoms with van der Waals surface area (Å²) in [5, 5.41) is 3.54. The monoisotopic (exact) mass is 382 g/mol. The molecule has 28 heavy (non-hydrogen) atoms. The van der Waals surface area contributed by atoms with Crippen LogP contribution < -0.4 is 15.6 Å². The Bertz CT molecular complexity index is 1100. The minimum absolute atomic E-state index is 0.0278. The molecule has 0 radical (unpaired) electrons. The maximum atomic E-state index is 14.0. The van der Waals surface area contributed by atoms with Crippen molar-refractivity contribution in [2.75, 3.05) is 32.6 Å². The molecule has 1 N–H and O–H groups in total. The van der Waals surface area contributed by atoms with Gasteiger partial charge >= 0.3 is 0 Å². The van der Waals surface area contributed by atoms with Gasteiger partial charge in [0.2, 0.25) is 0 Å². The molecule has 7 heteroatoms. The van der Waals surface area contributed by atoms with Gasteiger partial charge in [0.15, 0.2) is 11.6 Å². The highest BCUT2D eigenvalue weighted by atomic mass is 19.1. The molecule has 1 saturated heterocycles. The third-order valence-corrected chi connectivity index (χ3v) is 5.22. The highest BCUT2D eigenvalue weighted by Gasteiger charge is 2.31. The molecule has 1 aromatic carbocycles. The molecular weight excluding hydrogens is 359 g/mol. The fraction of sp³-hybridized carbons (Fsp3) is 0.333. The lowest BCUT2D eigenvalue weighted by molar-refractivity contribution is 0.386. The van der Waals surface area contributed by atoms with Crippen LogP contribution in [0.5, 0.6) is 5.75 Å². The number of likely N-dealkylation sites (N-methyl/N-ethyl adjacent to an activating group) is 1. The summed E-state index contributed by atoms with van der Waals surface area (Å²) in [7, 11) is 3.51. The van der Waals surface area contributed by atoms with Crippen molar-refractivity contribution in [1.82, 2.24) is 14.3 Å². The molecule has 0 saturated carbocycles. The molecule has 0 bridgehead atoms. The van der Waals surface area contributed by atoms with Crippen LogP contribution in [0, 0.1) is 5.82 Å². The summed E-state index contributed by atoms with van der Waals surface area (Å²) in [5.41, 5.74) is 2.10. The number of rotatable bonds is 4. The molecule has 3 heterocycles. The Hall–Kier alpha value is -2.93. The van der Waals surface area contributed by atoms with Gasteiger partial charge in [0, 0.05) is 36.5 Å². The van der Waals surface area contributed by atoms with Gasteiger partial charge in [-0.05, 0) is 50.7 Å². The Labute approximate surface area is 162 Å². The van der Waals surface area contributed by atoms with E-state index in [1.165, 1.54) is 29.7 Å². The van der Waals surface area contributed by atoms with Crippen LogP contribution in [0.2, 0.25) is 0 Å². The molecule has 0 unspecified atom stereocenters. The van der Waals surface area contributed by atoms with Crippen LogP contribution in [0.25, 0.3) is 16.9 Å². The summed E-state index contributed by atoms with van der Waals surface area (Å²) >= 11 is 0. The van der Waals surface area contributed by atoms with Gasteiger partial charge in [-0.2, -0.15) is 0 Å². The lowest BCUT2D eigenvalue weighted by Gasteiger charge is -2.27. The van der Waals surface area contributed by atoms with Gasteiger partial charge in [0.25, 0.3) is 5.56 Å². The van der Waals surface area contributed by atoms with Gasteiger partial charge in [-0.3, -0.25) is 9.20 Å². The smallest absolute Gasteiger partial charge is 0.258 e. The van der Waals surface area contributed by atoms with Crippen molar-refractivity contribution >= 4 is 11.3 Å². The fourth-order valence-electron chi connectivity index (χ4n) is 3.79. The van der Waals surface area contributed by atoms with Gasteiger partial charge in [-0.15, -0.1) is 0 Å². The van der Waals surface area contributed by atoms with Crippen molar-refractivity contribution in [3.8, 4) is 17.0 Å². The molecule has 1 atom stereocenters. The van der Waals surface area contributed by atoms with E-state index in [9.17, 15) is 9.18 Å². The van der Waals surface area contributed by atoms with Gasteiger partial charge in [-0.25, -0.2) is 9.37 Å². The molecule has 1 fully saturated rings. The third kappa shape index (κ3) is 3.45. The van der Waals surface area contributed by atoms with Crippen molar-refractivity contribution in [2.45, 2.75) is 18.9 Å². The summed E-state index contributed by atoms with van der Waals surface area (Å²) < 4.78 is 20.5. The average molecular weight is 382 g/mol. The number of benzene rings is 1. The van der Waals surface area contributed by atoms with E-state index in [1.807, 2.05) is 6.07 Å². The second kappa shape index (κ2) is 6.91. The maximum Gasteiger partial charge on any atom is 0.258 e. The Kier molecular flexibility index (Phi) is 4.55. The second-order valence-corrected chi connectivity index (χ2v) is 7.65. The first-order valence-electron chi connectivity index (χ1n) is 9.21. The van der Waals surface area contributed by atoms with E-state index in [0.29, 0.717) is 16.9 Å². The van der Waals surface area contributed by atoms with E-state index in [0.717, 1.165) is 25.2 Å². The molecule has 2 aromatic heterocycles. The molecule has 1 aliphatic rings. The summed E-state index contributed by atoms with van der Waals surface area (Å²) in [4.78, 5) is 19.5. The van der Waals surface area contributed by atoms with Gasteiger partial charge < -0.3 is 15.0 Å². The van der Waals surface area contributed by atoms with Crippen molar-refractivity contribution in [2.24, 2.45) is 0 Å². The normalized spacial score (nSPS) is 19.9. The molecule has 0 aliphatic carbocycles. The van der Waals surface area contributed by atoms with Crippen molar-refractivity contribution < 1.29 is 9.13 Å². The number of hydrogen-bond donors (Lipinski definition) is 1. The summed E-state index contributed by atoms with van der Waals surface area (Å²) in [6, 6.07) is 9.68. The number of likely N-dealkylation sites (tertiary alicyclic amines) is 1. The number of halogens is 1. The first kappa shape index (κ1) is 18.4. The van der Waals surface area contributed by atoms with E-state index < -0.39 is 5.82 Å². The van der Waals surface area contributed by atoms with E-state index in [4.69, 9.17) is 4.74 Å². The number of nitrogens with zero attached hydrogens (tertiary/aromatic N) is 3. The van der Waals surface area contributed by atoms with Gasteiger partial charge in [0.1, 0.15) is 5.65 Å². The summed E-state index contributed by atoms with van der Waals surface area (Å²) in [6.07, 6.45) is 2.81. The van der Waals surface area contributed by atoms with E-state index >= 15 is 0 Å². The zero-order valence-corrected chi connectivity index (χ0v) is 16.2. The first-order chi connectivity index (χ1) is 13.4. The predicted octanol–water partition coefficient (Wildman–Crippen LogP) is 3.02. The number of ether oxygens (including phenoxy) is 1. The average Bonchev–Trinajstić information content (AvgIpc) is 3.00. The van der Waals surface area contributed by atoms with Crippen LogP contribution in [0.1, 0.15) is 13.3 Å². The number of pyridine rings is 1. The fourth-order valence-corrected chi connectivity index (χ4v) is 3.79. The van der Waals surface area contributed by atoms with Gasteiger partial charge in [-0.1, -0.05) is 0 Å². The number of nitrogens with one attached hydrogen (secondary N) is 1. The van der Waals surface area contributed by atoms with Crippen LogP contribution in [0.3, 0.4) is 0 Å². The number of fused-ring (bicyclic) bond motifs is 1. The Morgan fingerprint density at radius 2 is 2.07 bits per heavy atom. The Balaban J connectivity index is 1.69. The zero-order valence-electron chi connectivity index (χ0n) is 16.2. The summed E-state index contributed by atoms with van der Waals surface area (Å²) in [6.45, 7) is 4.17. The van der Waals surface area contributed by atoms with Crippen LogP contribution >= 0.6 is 0 Å². The molecule has 6 nitrogen and oxygen atoms in total. The Morgan fingerprint density at radius 1 is 1.25 bits per heavy atom. The molecule has 4 rings (SSSR count). The standard InChI is InChI=1S/C21H23FN4O2/c1-21(8-9-25(2)13-21)24-15-5-7-19-23-17(11-20(27)26(19)12-15)14-4-6-18(28-3)16(22)10-14/h4-7,10-12,24H,8-9,13H2,1-3H3/t21-/m1/s1. The van der Waals surface area contributed by atoms with E-state index in [-0.39, 0.29) is 16.8 Å². The highest BCUT2D eigenvalue weighted by Crippen LogP contribution is 2.26. The van der Waals surface area contributed by atoms with Crippen molar-refractivity contribution in [1.29, 1.82) is 0 Å². The first-order valence-corrected chi connectivity index (χ1v) is 9.21. The minimum atomic E-state index is -0.490. The third-order valence-electron chi connectivity index (χ3n) is 5.22. The number of anilines is 1. The van der Waals surface area contributed by atoms with E-state index in [2.05, 4.69) is 29.2 Å². The maximum absolute atomic E-state index is 14.0. The highest BCUT2D eigenvalue weighted by molar-refractivity contribution is 5.63. The molecule has 0 amide bonds. The molecule has 0 spiro atoms. The number of aromatic nitrogens is 2. The summed E-state index contributed by atoms with van der Waals surface area (Å²) in [5.74, 6) is -0.334. The second-order valence-electron chi connectivity index (χ2n) is 7.65. The predicted molar refractivity (Wildman–Crippen MR) is 108 cm³/mol. The van der Waals surface area contributed by atoms with Crippen LogP contribution in [-0.4, -0.2) is 47.1 Å². The van der Waals surface area contributed by atoms with Crippen LogP contribution in [0.4, 0.5) is 10.1 Å². The largest absolute Gasteiger partial charge is 0.494 e. The topological polar surface area (TPSA) is 58.9 Å². The van der Waals surface area contributed by atoms with Crippen molar-refractivity contribution in [3.63, 3.8) is 0 Å². The Morgan fingerprint density at radius 3 is 2.75 bits per heavy atom.